The van der Waals surface area contributed by atoms with Crippen LogP contribution in [0.25, 0.3) is 0 Å². The predicted octanol–water partition coefficient (Wildman–Crippen LogP) is -2.27. The minimum atomic E-state index is -0.968. The molecule has 12 N–H and O–H groups in total. The molecule has 1 atom stereocenters. The molecule has 1 aromatic rings. The van der Waals surface area contributed by atoms with Crippen molar-refractivity contribution in [1.29, 1.82) is 0 Å². The van der Waals surface area contributed by atoms with Crippen LogP contribution in [-0.2, 0) is 25.6 Å². The van der Waals surface area contributed by atoms with Gasteiger partial charge in [0, 0.05) is 0 Å². The molecule has 154 valence electrons. The first-order valence-corrected chi connectivity index (χ1v) is 7.29. The van der Waals surface area contributed by atoms with Gasteiger partial charge in [0.2, 0.25) is 0 Å². The molecule has 0 radical (unpaired) electrons. The van der Waals surface area contributed by atoms with E-state index in [2.05, 4.69) is 17.2 Å². The van der Waals surface area contributed by atoms with E-state index in [4.69, 9.17) is 26.2 Å². The zero-order valence-electron chi connectivity index (χ0n) is 14.5. The van der Waals surface area contributed by atoms with Crippen molar-refractivity contribution < 1.29 is 39.6 Å². The molecule has 27 heavy (non-hydrogen) atoms. The maximum absolute atomic E-state index is 10.4. The third kappa shape index (κ3) is 28.0. The van der Waals surface area contributed by atoms with Crippen molar-refractivity contribution in [3.8, 4) is 0 Å². The largest absolute Gasteiger partial charge is 0.480 e. The molecular weight excluding hydrogens is 364 g/mol. The molecule has 0 fully saturated rings. The second kappa shape index (κ2) is 19.3. The Kier molecular flexibility index (Phi) is 20.5. The fourth-order valence-electron chi connectivity index (χ4n) is 0.955. The average Bonchev–Trinajstić information content (AvgIpc) is 2.63. The Morgan fingerprint density at radius 1 is 0.741 bits per heavy atom. The zero-order valence-corrected chi connectivity index (χ0v) is 14.5. The van der Waals surface area contributed by atoms with Gasteiger partial charge in [0.15, 0.2) is 0 Å². The molecular formula is C15H26N4O8. The fraction of sp³-hybridized carbons (Fsp3) is 0.333. The molecule has 0 bridgehead atoms. The van der Waals surface area contributed by atoms with Gasteiger partial charge in [-0.15, -0.1) is 0 Å². The molecule has 0 saturated heterocycles. The number of nitrogens with two attached hydrogens (primary N) is 4. The molecule has 1 aromatic carbocycles. The molecule has 0 aliphatic heterocycles. The lowest BCUT2D eigenvalue weighted by Gasteiger charge is -2.04. The normalized spacial score (nSPS) is 9.63. The lowest BCUT2D eigenvalue weighted by Crippen LogP contribution is -2.32. The summed E-state index contributed by atoms with van der Waals surface area (Å²) in [4.78, 5) is 38.1. The lowest BCUT2D eigenvalue weighted by molar-refractivity contribution is -0.139. The Bertz CT molecular complexity index is 521. The number of hydrogen-bond acceptors (Lipinski definition) is 8. The van der Waals surface area contributed by atoms with E-state index in [0.29, 0.717) is 6.42 Å². The highest BCUT2D eigenvalue weighted by Crippen LogP contribution is 2.01. The number of aliphatic carboxylic acids is 4. The smallest absolute Gasteiger partial charge is 0.320 e. The van der Waals surface area contributed by atoms with Gasteiger partial charge in [-0.05, 0) is 12.0 Å². The van der Waals surface area contributed by atoms with E-state index in [-0.39, 0.29) is 19.6 Å². The van der Waals surface area contributed by atoms with Crippen molar-refractivity contribution in [3.63, 3.8) is 0 Å². The molecule has 1 rings (SSSR count). The quantitative estimate of drug-likeness (QED) is 0.256. The van der Waals surface area contributed by atoms with Crippen LogP contribution < -0.4 is 22.9 Å². The van der Waals surface area contributed by atoms with Crippen molar-refractivity contribution in [2.45, 2.75) is 12.5 Å². The number of carbonyl (C=O) groups is 4. The Morgan fingerprint density at radius 2 is 1.04 bits per heavy atom. The highest BCUT2D eigenvalue weighted by Gasteiger charge is 2.10. The van der Waals surface area contributed by atoms with Crippen molar-refractivity contribution in [2.75, 3.05) is 19.6 Å². The third-order valence-corrected chi connectivity index (χ3v) is 2.14. The predicted molar refractivity (Wildman–Crippen MR) is 95.8 cm³/mol. The lowest BCUT2D eigenvalue weighted by atomic mass is 10.1. The summed E-state index contributed by atoms with van der Waals surface area (Å²) in [5, 5.41) is 31.3. The van der Waals surface area contributed by atoms with Crippen LogP contribution in [0.15, 0.2) is 30.3 Å². The first-order valence-electron chi connectivity index (χ1n) is 7.29. The number of carboxylic acid groups (broad SMARTS) is 4. The van der Waals surface area contributed by atoms with Crippen molar-refractivity contribution in [3.05, 3.63) is 35.9 Å². The summed E-state index contributed by atoms with van der Waals surface area (Å²) < 4.78 is 0. The maximum atomic E-state index is 10.4. The number of hydrogen-bond donors (Lipinski definition) is 8. The van der Waals surface area contributed by atoms with Gasteiger partial charge in [-0.3, -0.25) is 19.2 Å². The SMILES string of the molecule is NC(Cc1ccccc1)C(=O)O.NCC(=O)O.NCC(=O)O.NCC(=O)O. The van der Waals surface area contributed by atoms with Crippen LogP contribution >= 0.6 is 0 Å². The Labute approximate surface area is 155 Å². The van der Waals surface area contributed by atoms with Gasteiger partial charge < -0.3 is 43.4 Å². The summed E-state index contributed by atoms with van der Waals surface area (Å²) in [7, 11) is 0. The molecule has 12 heteroatoms. The number of rotatable bonds is 6. The minimum absolute atomic E-state index is 0.278. The molecule has 0 spiro atoms. The van der Waals surface area contributed by atoms with Crippen LogP contribution in [0, 0.1) is 0 Å². The fourth-order valence-corrected chi connectivity index (χ4v) is 0.955. The molecule has 1 unspecified atom stereocenters. The van der Waals surface area contributed by atoms with Gasteiger partial charge >= 0.3 is 23.9 Å². The van der Waals surface area contributed by atoms with E-state index >= 15 is 0 Å². The summed E-state index contributed by atoms with van der Waals surface area (Å²) in [5.41, 5.74) is 20.0. The van der Waals surface area contributed by atoms with Crippen LogP contribution in [0.2, 0.25) is 0 Å². The number of benzene rings is 1. The zero-order chi connectivity index (χ0) is 21.8. The summed E-state index contributed by atoms with van der Waals surface area (Å²) in [6.07, 6.45) is 0.385. The molecule has 0 aliphatic rings. The highest BCUT2D eigenvalue weighted by molar-refractivity contribution is 5.73. The maximum Gasteiger partial charge on any atom is 0.320 e. The second-order valence-electron chi connectivity index (χ2n) is 4.43. The van der Waals surface area contributed by atoms with Gasteiger partial charge in [-0.1, -0.05) is 30.3 Å². The van der Waals surface area contributed by atoms with E-state index in [9.17, 15) is 19.2 Å². The summed E-state index contributed by atoms with van der Waals surface area (Å²) in [6.45, 7) is -0.833. The summed E-state index contributed by atoms with van der Waals surface area (Å²) >= 11 is 0. The van der Waals surface area contributed by atoms with Crippen molar-refractivity contribution in [2.24, 2.45) is 22.9 Å². The van der Waals surface area contributed by atoms with Gasteiger partial charge in [0.25, 0.3) is 0 Å². The van der Waals surface area contributed by atoms with Gasteiger partial charge in [0.1, 0.15) is 6.04 Å². The summed E-state index contributed by atoms with van der Waals surface area (Å²) in [6, 6.07) is 8.54. The molecule has 0 aromatic heterocycles. The van der Waals surface area contributed by atoms with E-state index in [1.54, 1.807) is 0 Å². The van der Waals surface area contributed by atoms with Gasteiger partial charge in [-0.25, -0.2) is 0 Å². The van der Waals surface area contributed by atoms with Crippen LogP contribution in [0.3, 0.4) is 0 Å². The highest BCUT2D eigenvalue weighted by atomic mass is 16.4. The van der Waals surface area contributed by atoms with E-state index in [1.165, 1.54) is 0 Å². The minimum Gasteiger partial charge on any atom is -0.480 e. The van der Waals surface area contributed by atoms with E-state index in [0.717, 1.165) is 5.56 Å². The molecule has 0 saturated carbocycles. The van der Waals surface area contributed by atoms with Crippen LogP contribution in [-0.4, -0.2) is 70.0 Å². The Hall–Kier alpha value is -3.06. The molecule has 0 aliphatic carbocycles. The third-order valence-electron chi connectivity index (χ3n) is 2.14. The first-order chi connectivity index (χ1) is 12.5. The summed E-state index contributed by atoms with van der Waals surface area (Å²) in [5.74, 6) is -3.86. The van der Waals surface area contributed by atoms with Crippen LogP contribution in [0.4, 0.5) is 0 Å². The van der Waals surface area contributed by atoms with Gasteiger partial charge in [-0.2, -0.15) is 0 Å². The molecule has 0 amide bonds. The van der Waals surface area contributed by atoms with E-state index < -0.39 is 29.9 Å². The monoisotopic (exact) mass is 390 g/mol. The molecule has 0 heterocycles. The topological polar surface area (TPSA) is 253 Å². The van der Waals surface area contributed by atoms with Crippen molar-refractivity contribution in [1.82, 2.24) is 0 Å². The Morgan fingerprint density at radius 3 is 1.26 bits per heavy atom. The van der Waals surface area contributed by atoms with Gasteiger partial charge in [0.05, 0.1) is 19.6 Å². The first kappa shape index (κ1) is 28.7. The Balaban J connectivity index is -0.000000323. The van der Waals surface area contributed by atoms with Crippen molar-refractivity contribution >= 4 is 23.9 Å². The van der Waals surface area contributed by atoms with Crippen LogP contribution in [0.1, 0.15) is 5.56 Å². The van der Waals surface area contributed by atoms with Crippen LogP contribution in [0.5, 0.6) is 0 Å². The standard InChI is InChI=1S/C9H11NO2.3C2H5NO2/c10-8(9(11)12)6-7-4-2-1-3-5-7;3*3-1-2(4)5/h1-5,8H,6,10H2,(H,11,12);3*1,3H2,(H,4,5). The second-order valence-corrected chi connectivity index (χ2v) is 4.43. The van der Waals surface area contributed by atoms with E-state index in [1.807, 2.05) is 30.3 Å². The average molecular weight is 390 g/mol. The molecule has 12 nitrogen and oxygen atoms in total. The number of carboxylic acids is 4.